The smallest absolute Gasteiger partial charge is 0.288 e. The molecule has 0 fully saturated rings. The minimum Gasteiger partial charge on any atom is -0.322 e. The average molecular weight is 350 g/mol. The number of carbonyl (C=O) groups excluding carboxylic acids is 1. The summed E-state index contributed by atoms with van der Waals surface area (Å²) < 4.78 is 0. The maximum absolute atomic E-state index is 12.4. The van der Waals surface area contributed by atoms with E-state index in [1.165, 1.54) is 37.3 Å². The summed E-state index contributed by atoms with van der Waals surface area (Å²) in [5, 5.41) is 24.3. The Labute approximate surface area is 141 Å². The van der Waals surface area contributed by atoms with Gasteiger partial charge in [-0.25, -0.2) is 0 Å². The van der Waals surface area contributed by atoms with Crippen LogP contribution in [-0.2, 0) is 0 Å². The minimum atomic E-state index is -0.619. The number of carbonyl (C=O) groups is 1. The van der Waals surface area contributed by atoms with Crippen molar-refractivity contribution in [2.75, 3.05) is 5.32 Å². The van der Waals surface area contributed by atoms with Crippen LogP contribution in [0.1, 0.15) is 21.5 Å². The van der Waals surface area contributed by atoms with E-state index in [0.29, 0.717) is 11.3 Å². The summed E-state index contributed by atoms with van der Waals surface area (Å²) in [6.07, 6.45) is 0. The Balaban J connectivity index is 2.38. The van der Waals surface area contributed by atoms with Gasteiger partial charge in [0.25, 0.3) is 17.3 Å². The molecule has 0 bridgehead atoms. The minimum absolute atomic E-state index is 0.114. The highest BCUT2D eigenvalue weighted by Crippen LogP contribution is 2.31. The zero-order valence-corrected chi connectivity index (χ0v) is 13.5. The summed E-state index contributed by atoms with van der Waals surface area (Å²) >= 11 is 5.84. The zero-order chi connectivity index (χ0) is 18.0. The molecule has 0 radical (unpaired) electrons. The van der Waals surface area contributed by atoms with Gasteiger partial charge in [-0.1, -0.05) is 17.7 Å². The second kappa shape index (κ2) is 6.63. The number of benzene rings is 2. The fraction of sp³-hybridized carbons (Fsp3) is 0.133. The quantitative estimate of drug-likeness (QED) is 0.660. The highest BCUT2D eigenvalue weighted by Gasteiger charge is 2.20. The van der Waals surface area contributed by atoms with Crippen LogP contribution in [0.2, 0.25) is 5.02 Å². The number of nitro benzene ring substituents is 2. The van der Waals surface area contributed by atoms with E-state index in [2.05, 4.69) is 5.32 Å². The van der Waals surface area contributed by atoms with Crippen LogP contribution in [0.4, 0.5) is 17.1 Å². The van der Waals surface area contributed by atoms with Crippen LogP contribution >= 0.6 is 11.6 Å². The first-order chi connectivity index (χ1) is 11.2. The van der Waals surface area contributed by atoms with Crippen LogP contribution < -0.4 is 5.32 Å². The van der Waals surface area contributed by atoms with E-state index in [9.17, 15) is 25.0 Å². The van der Waals surface area contributed by atoms with Crippen LogP contribution in [0.15, 0.2) is 30.3 Å². The normalized spacial score (nSPS) is 10.3. The highest BCUT2D eigenvalue weighted by atomic mass is 35.5. The molecule has 0 aromatic heterocycles. The SMILES string of the molecule is Cc1cc([N+](=O)[O-])c(Cl)cc1NC(=O)c1cccc([N+](=O)[O-])c1C. The first-order valence-corrected chi connectivity index (χ1v) is 7.10. The number of nitrogens with zero attached hydrogens (tertiary/aromatic N) is 2. The Morgan fingerprint density at radius 2 is 1.71 bits per heavy atom. The summed E-state index contributed by atoms with van der Waals surface area (Å²) in [4.78, 5) is 33.0. The van der Waals surface area contributed by atoms with Crippen molar-refractivity contribution in [1.29, 1.82) is 0 Å². The molecule has 0 aliphatic rings. The molecular weight excluding hydrogens is 338 g/mol. The number of halogens is 1. The topological polar surface area (TPSA) is 115 Å². The predicted octanol–water partition coefficient (Wildman–Crippen LogP) is 4.03. The van der Waals surface area contributed by atoms with E-state index in [1.54, 1.807) is 6.92 Å². The van der Waals surface area contributed by atoms with Gasteiger partial charge in [0.1, 0.15) is 5.02 Å². The number of rotatable bonds is 4. The van der Waals surface area contributed by atoms with Crippen molar-refractivity contribution in [3.05, 3.63) is 72.3 Å². The number of hydrogen-bond acceptors (Lipinski definition) is 5. The summed E-state index contributed by atoms with van der Waals surface area (Å²) in [5.74, 6) is -0.566. The van der Waals surface area contributed by atoms with Gasteiger partial charge in [-0.3, -0.25) is 25.0 Å². The first kappa shape index (κ1) is 17.4. The van der Waals surface area contributed by atoms with E-state index in [4.69, 9.17) is 11.6 Å². The lowest BCUT2D eigenvalue weighted by Crippen LogP contribution is -2.15. The third-order valence-corrected chi connectivity index (χ3v) is 3.79. The van der Waals surface area contributed by atoms with Gasteiger partial charge >= 0.3 is 0 Å². The molecule has 2 rings (SSSR count). The van der Waals surface area contributed by atoms with Gasteiger partial charge in [0.15, 0.2) is 0 Å². The Morgan fingerprint density at radius 1 is 1.08 bits per heavy atom. The third kappa shape index (κ3) is 3.33. The first-order valence-electron chi connectivity index (χ1n) is 6.72. The molecule has 8 nitrogen and oxygen atoms in total. The van der Waals surface area contributed by atoms with Gasteiger partial charge in [0.05, 0.1) is 9.85 Å². The number of anilines is 1. The standard InChI is InChI=1S/C15H12ClN3O5/c1-8-6-14(19(23)24)11(16)7-12(8)17-15(20)10-4-3-5-13(9(10)2)18(21)22/h3-7H,1-2H3,(H,17,20). The second-order valence-corrected chi connectivity index (χ2v) is 5.44. The Morgan fingerprint density at radius 3 is 2.29 bits per heavy atom. The van der Waals surface area contributed by atoms with Gasteiger partial charge in [-0.05, 0) is 31.5 Å². The molecule has 24 heavy (non-hydrogen) atoms. The molecule has 2 aromatic rings. The second-order valence-electron chi connectivity index (χ2n) is 5.04. The maximum atomic E-state index is 12.4. The number of aryl methyl sites for hydroxylation is 1. The lowest BCUT2D eigenvalue weighted by Gasteiger charge is -2.11. The number of nitrogens with one attached hydrogen (secondary N) is 1. The lowest BCUT2D eigenvalue weighted by molar-refractivity contribution is -0.385. The molecule has 2 aromatic carbocycles. The molecule has 0 atom stereocenters. The van der Waals surface area contributed by atoms with Gasteiger partial charge in [0, 0.05) is 28.9 Å². The summed E-state index contributed by atoms with van der Waals surface area (Å²) in [5.41, 5.74) is 0.674. The molecule has 124 valence electrons. The van der Waals surface area contributed by atoms with Crippen molar-refractivity contribution in [1.82, 2.24) is 0 Å². The largest absolute Gasteiger partial charge is 0.322 e. The molecule has 9 heteroatoms. The Kier molecular flexibility index (Phi) is 4.79. The number of hydrogen-bond donors (Lipinski definition) is 1. The molecule has 0 heterocycles. The van der Waals surface area contributed by atoms with Crippen molar-refractivity contribution in [3.8, 4) is 0 Å². The van der Waals surface area contributed by atoms with Gasteiger partial charge < -0.3 is 5.32 Å². The monoisotopic (exact) mass is 349 g/mol. The molecular formula is C15H12ClN3O5. The van der Waals surface area contributed by atoms with Gasteiger partial charge in [-0.15, -0.1) is 0 Å². The van der Waals surface area contributed by atoms with Crippen LogP contribution in [0.25, 0.3) is 0 Å². The molecule has 0 aliphatic heterocycles. The summed E-state index contributed by atoms with van der Waals surface area (Å²) in [7, 11) is 0. The molecule has 0 aliphatic carbocycles. The average Bonchev–Trinajstić information content (AvgIpc) is 2.50. The van der Waals surface area contributed by atoms with Crippen LogP contribution in [0.5, 0.6) is 0 Å². The molecule has 0 spiro atoms. The van der Waals surface area contributed by atoms with E-state index >= 15 is 0 Å². The summed E-state index contributed by atoms with van der Waals surface area (Å²) in [6.45, 7) is 3.06. The number of amides is 1. The fourth-order valence-electron chi connectivity index (χ4n) is 2.20. The summed E-state index contributed by atoms with van der Waals surface area (Å²) in [6, 6.07) is 6.70. The van der Waals surface area contributed by atoms with Gasteiger partial charge in [-0.2, -0.15) is 0 Å². The maximum Gasteiger partial charge on any atom is 0.288 e. The van der Waals surface area contributed by atoms with Crippen LogP contribution in [0, 0.1) is 34.1 Å². The number of nitro groups is 2. The lowest BCUT2D eigenvalue weighted by atomic mass is 10.1. The van der Waals surface area contributed by atoms with Crippen molar-refractivity contribution < 1.29 is 14.6 Å². The van der Waals surface area contributed by atoms with E-state index < -0.39 is 15.8 Å². The fourth-order valence-corrected chi connectivity index (χ4v) is 2.43. The highest BCUT2D eigenvalue weighted by molar-refractivity contribution is 6.33. The van der Waals surface area contributed by atoms with E-state index in [-0.39, 0.29) is 27.5 Å². The van der Waals surface area contributed by atoms with Crippen molar-refractivity contribution in [2.45, 2.75) is 13.8 Å². The molecule has 0 unspecified atom stereocenters. The van der Waals surface area contributed by atoms with Crippen molar-refractivity contribution >= 4 is 34.6 Å². The van der Waals surface area contributed by atoms with Gasteiger partial charge in [0.2, 0.25) is 0 Å². The van der Waals surface area contributed by atoms with Crippen LogP contribution in [-0.4, -0.2) is 15.8 Å². The Hall–Kier alpha value is -3.00. The van der Waals surface area contributed by atoms with E-state index in [1.807, 2.05) is 0 Å². The van der Waals surface area contributed by atoms with Crippen molar-refractivity contribution in [3.63, 3.8) is 0 Å². The van der Waals surface area contributed by atoms with Crippen molar-refractivity contribution in [2.24, 2.45) is 0 Å². The third-order valence-electron chi connectivity index (χ3n) is 3.49. The predicted molar refractivity (Wildman–Crippen MR) is 88.6 cm³/mol. The van der Waals surface area contributed by atoms with Crippen LogP contribution in [0.3, 0.4) is 0 Å². The zero-order valence-electron chi connectivity index (χ0n) is 12.7. The molecule has 1 N–H and O–H groups in total. The molecule has 0 saturated heterocycles. The molecule has 1 amide bonds. The molecule has 0 saturated carbocycles. The Bertz CT molecular complexity index is 866. The van der Waals surface area contributed by atoms with E-state index in [0.717, 1.165) is 0 Å².